The topological polar surface area (TPSA) is 50.6 Å². The number of carbonyl (C=O) groups is 1. The summed E-state index contributed by atoms with van der Waals surface area (Å²) < 4.78 is 7.28. The van der Waals surface area contributed by atoms with E-state index in [1.807, 2.05) is 23.1 Å². The van der Waals surface area contributed by atoms with E-state index in [0.717, 1.165) is 19.6 Å². The highest BCUT2D eigenvalue weighted by atomic mass is 35.5. The van der Waals surface area contributed by atoms with E-state index in [1.165, 1.54) is 5.56 Å². The van der Waals surface area contributed by atoms with Crippen molar-refractivity contribution >= 4 is 17.5 Å². The Morgan fingerprint density at radius 3 is 2.55 bits per heavy atom. The van der Waals surface area contributed by atoms with Crippen molar-refractivity contribution in [1.29, 1.82) is 0 Å². The average Bonchev–Trinajstić information content (AvgIpc) is 3.22. The molecule has 0 atom stereocenters. The zero-order chi connectivity index (χ0) is 20.1. The van der Waals surface area contributed by atoms with Crippen molar-refractivity contribution < 1.29 is 9.53 Å². The Labute approximate surface area is 175 Å². The third kappa shape index (κ3) is 5.16. The first-order valence-corrected chi connectivity index (χ1v) is 10.0. The Morgan fingerprint density at radius 2 is 1.79 bits per heavy atom. The fourth-order valence-electron chi connectivity index (χ4n) is 3.36. The average molecular weight is 411 g/mol. The van der Waals surface area contributed by atoms with Crippen LogP contribution in [0.15, 0.2) is 66.9 Å². The fourth-order valence-corrected chi connectivity index (χ4v) is 3.54. The van der Waals surface area contributed by atoms with Gasteiger partial charge in [-0.3, -0.25) is 9.69 Å². The van der Waals surface area contributed by atoms with Gasteiger partial charge in [0.05, 0.1) is 0 Å². The maximum Gasteiger partial charge on any atom is 0.274 e. The van der Waals surface area contributed by atoms with Gasteiger partial charge in [0.15, 0.2) is 12.4 Å². The summed E-state index contributed by atoms with van der Waals surface area (Å²) in [5.74, 6) is 0.626. The highest BCUT2D eigenvalue weighted by molar-refractivity contribution is 6.30. The van der Waals surface area contributed by atoms with Crippen LogP contribution >= 0.6 is 11.6 Å². The number of amides is 1. The lowest BCUT2D eigenvalue weighted by molar-refractivity contribution is 0.0621. The number of ether oxygens (including phenoxy) is 1. The van der Waals surface area contributed by atoms with Gasteiger partial charge in [-0.05, 0) is 29.8 Å². The van der Waals surface area contributed by atoms with E-state index >= 15 is 0 Å². The van der Waals surface area contributed by atoms with Gasteiger partial charge in [0.1, 0.15) is 5.75 Å². The summed E-state index contributed by atoms with van der Waals surface area (Å²) in [6, 6.07) is 19.3. The van der Waals surface area contributed by atoms with E-state index in [4.69, 9.17) is 16.3 Å². The second-order valence-corrected chi connectivity index (χ2v) is 7.46. The van der Waals surface area contributed by atoms with Gasteiger partial charge in [0.2, 0.25) is 0 Å². The second-order valence-electron chi connectivity index (χ2n) is 7.03. The summed E-state index contributed by atoms with van der Waals surface area (Å²) in [5, 5.41) is 4.98. The van der Waals surface area contributed by atoms with Gasteiger partial charge in [-0.25, -0.2) is 4.68 Å². The van der Waals surface area contributed by atoms with Gasteiger partial charge in [-0.2, -0.15) is 5.10 Å². The smallest absolute Gasteiger partial charge is 0.274 e. The molecule has 6 nitrogen and oxygen atoms in total. The maximum absolute atomic E-state index is 12.8. The van der Waals surface area contributed by atoms with E-state index in [1.54, 1.807) is 29.1 Å². The molecule has 2 heterocycles. The Bertz CT molecular complexity index is 952. The van der Waals surface area contributed by atoms with Crippen LogP contribution in [0, 0.1) is 0 Å². The molecule has 1 aromatic heterocycles. The summed E-state index contributed by atoms with van der Waals surface area (Å²) in [6.07, 6.45) is 1.75. The third-order valence-corrected chi connectivity index (χ3v) is 5.16. The molecule has 0 N–H and O–H groups in total. The van der Waals surface area contributed by atoms with Crippen LogP contribution in [0.1, 0.15) is 16.1 Å². The first kappa shape index (κ1) is 19.5. The quantitative estimate of drug-likeness (QED) is 0.623. The Kier molecular flexibility index (Phi) is 6.12. The molecule has 0 saturated carbocycles. The molecule has 1 aliphatic heterocycles. The Hall–Kier alpha value is -2.83. The van der Waals surface area contributed by atoms with Crippen molar-refractivity contribution in [3.63, 3.8) is 0 Å². The molecule has 0 aliphatic carbocycles. The molecule has 0 radical (unpaired) electrons. The van der Waals surface area contributed by atoms with Crippen molar-refractivity contribution in [1.82, 2.24) is 19.6 Å². The molecule has 2 aromatic carbocycles. The molecule has 0 bridgehead atoms. The van der Waals surface area contributed by atoms with Gasteiger partial charge in [0.25, 0.3) is 5.91 Å². The largest absolute Gasteiger partial charge is 0.471 e. The van der Waals surface area contributed by atoms with Gasteiger partial charge in [0, 0.05) is 43.9 Å². The molecule has 0 spiro atoms. The van der Waals surface area contributed by atoms with Crippen molar-refractivity contribution in [2.24, 2.45) is 0 Å². The maximum atomic E-state index is 12.8. The molecule has 29 heavy (non-hydrogen) atoms. The first-order valence-electron chi connectivity index (χ1n) is 9.65. The molecule has 4 rings (SSSR count). The molecule has 1 saturated heterocycles. The number of nitrogens with zero attached hydrogens (tertiary/aromatic N) is 4. The van der Waals surface area contributed by atoms with Crippen LogP contribution in [0.5, 0.6) is 5.75 Å². The molecule has 150 valence electrons. The minimum Gasteiger partial charge on any atom is -0.471 e. The summed E-state index contributed by atoms with van der Waals surface area (Å²) in [6.45, 7) is 4.27. The van der Waals surface area contributed by atoms with Crippen LogP contribution in [-0.4, -0.2) is 51.7 Å². The molecule has 1 amide bonds. The molecular formula is C22H23ClN4O2. The lowest BCUT2D eigenvalue weighted by Crippen LogP contribution is -2.48. The van der Waals surface area contributed by atoms with Gasteiger partial charge < -0.3 is 9.64 Å². The van der Waals surface area contributed by atoms with E-state index in [0.29, 0.717) is 29.6 Å². The Balaban J connectivity index is 1.28. The SMILES string of the molecule is O=C(c1ccn(COc2cccc(Cl)c2)n1)N1CCN(Cc2ccccc2)CC1. The number of rotatable bonds is 6. The summed E-state index contributed by atoms with van der Waals surface area (Å²) in [7, 11) is 0. The minimum absolute atomic E-state index is 0.0362. The highest BCUT2D eigenvalue weighted by Crippen LogP contribution is 2.17. The number of aromatic nitrogens is 2. The molecule has 7 heteroatoms. The number of hydrogen-bond acceptors (Lipinski definition) is 4. The Morgan fingerprint density at radius 1 is 1.00 bits per heavy atom. The predicted molar refractivity (Wildman–Crippen MR) is 112 cm³/mol. The normalized spacial score (nSPS) is 14.7. The molecule has 0 unspecified atom stereocenters. The summed E-state index contributed by atoms with van der Waals surface area (Å²) >= 11 is 5.96. The zero-order valence-corrected chi connectivity index (χ0v) is 16.8. The highest BCUT2D eigenvalue weighted by Gasteiger charge is 2.23. The van der Waals surface area contributed by atoms with E-state index in [9.17, 15) is 4.79 Å². The van der Waals surface area contributed by atoms with Crippen LogP contribution in [0.2, 0.25) is 5.02 Å². The molecule has 1 aliphatic rings. The van der Waals surface area contributed by atoms with Crippen molar-refractivity contribution in [2.75, 3.05) is 26.2 Å². The van der Waals surface area contributed by atoms with Crippen LogP contribution < -0.4 is 4.74 Å². The molecule has 3 aromatic rings. The van der Waals surface area contributed by atoms with E-state index in [2.05, 4.69) is 34.3 Å². The number of carbonyl (C=O) groups excluding carboxylic acids is 1. The van der Waals surface area contributed by atoms with E-state index in [-0.39, 0.29) is 12.6 Å². The van der Waals surface area contributed by atoms with Crippen molar-refractivity contribution in [3.8, 4) is 5.75 Å². The van der Waals surface area contributed by atoms with Crippen LogP contribution in [0.3, 0.4) is 0 Å². The van der Waals surface area contributed by atoms with Gasteiger partial charge in [-0.15, -0.1) is 0 Å². The predicted octanol–water partition coefficient (Wildman–Crippen LogP) is 3.53. The first-order chi connectivity index (χ1) is 14.2. The van der Waals surface area contributed by atoms with E-state index < -0.39 is 0 Å². The lowest BCUT2D eigenvalue weighted by Gasteiger charge is -2.34. The number of halogens is 1. The summed E-state index contributed by atoms with van der Waals surface area (Å²) in [4.78, 5) is 17.0. The van der Waals surface area contributed by atoms with Crippen LogP contribution in [0.25, 0.3) is 0 Å². The third-order valence-electron chi connectivity index (χ3n) is 4.93. The fraction of sp³-hybridized carbons (Fsp3) is 0.273. The molecule has 1 fully saturated rings. The van der Waals surface area contributed by atoms with Gasteiger partial charge in [-0.1, -0.05) is 48.0 Å². The monoisotopic (exact) mass is 410 g/mol. The lowest BCUT2D eigenvalue weighted by atomic mass is 10.2. The second kappa shape index (κ2) is 9.11. The number of benzene rings is 2. The van der Waals surface area contributed by atoms with Crippen LogP contribution in [0.4, 0.5) is 0 Å². The van der Waals surface area contributed by atoms with Gasteiger partial charge >= 0.3 is 0 Å². The standard InChI is InChI=1S/C22H23ClN4O2/c23-19-7-4-8-20(15-19)29-17-27-10-9-21(24-27)22(28)26-13-11-25(12-14-26)16-18-5-2-1-3-6-18/h1-10,15H,11-14,16-17H2. The number of hydrogen-bond donors (Lipinski definition) is 0. The molecular weight excluding hydrogens is 388 g/mol. The van der Waals surface area contributed by atoms with Crippen molar-refractivity contribution in [2.45, 2.75) is 13.3 Å². The zero-order valence-electron chi connectivity index (χ0n) is 16.1. The van der Waals surface area contributed by atoms with Crippen LogP contribution in [-0.2, 0) is 13.3 Å². The number of piperazine rings is 1. The minimum atomic E-state index is -0.0362. The van der Waals surface area contributed by atoms with Crippen molar-refractivity contribution in [3.05, 3.63) is 83.1 Å². The summed E-state index contributed by atoms with van der Waals surface area (Å²) in [5.41, 5.74) is 1.74.